The smallest absolute Gasteiger partial charge is 0.341 e. The van der Waals surface area contributed by atoms with Crippen molar-refractivity contribution in [3.63, 3.8) is 0 Å². The van der Waals surface area contributed by atoms with E-state index in [1.165, 1.54) is 0 Å². The van der Waals surface area contributed by atoms with Crippen molar-refractivity contribution in [2.75, 3.05) is 13.7 Å². The Morgan fingerprint density at radius 1 is 1.10 bits per heavy atom. The lowest BCUT2D eigenvalue weighted by molar-refractivity contribution is -0.139. The molecule has 2 aromatic carbocycles. The molecule has 3 rings (SSSR count). The van der Waals surface area contributed by atoms with Gasteiger partial charge in [-0.15, -0.1) is 0 Å². The van der Waals surface area contributed by atoms with Crippen LogP contribution in [-0.2, 0) is 17.9 Å². The molecule has 0 bridgehead atoms. The van der Waals surface area contributed by atoms with Crippen LogP contribution in [0.4, 0.5) is 0 Å². The number of carboxylic acid groups (broad SMARTS) is 1. The van der Waals surface area contributed by atoms with Crippen LogP contribution in [0, 0.1) is 0 Å². The highest BCUT2D eigenvalue weighted by molar-refractivity contribution is 5.92. The molecule has 7 nitrogen and oxygen atoms in total. The number of aromatic nitrogens is 1. The number of hydrogen-bond donors (Lipinski definition) is 2. The van der Waals surface area contributed by atoms with Crippen LogP contribution >= 0.6 is 0 Å². The van der Waals surface area contributed by atoms with Crippen LogP contribution in [0.15, 0.2) is 72.9 Å². The van der Waals surface area contributed by atoms with E-state index in [2.05, 4.69) is 5.32 Å². The quantitative estimate of drug-likeness (QED) is 0.523. The van der Waals surface area contributed by atoms with Gasteiger partial charge >= 0.3 is 5.97 Å². The standard InChI is InChI=1S/C24H24N2O5/c1-30-22-12-3-2-9-19(22)16-25-24(29)21-11-6-14-26(21)13-5-8-18-7-4-10-20(15-18)31-17-23(27)28/h2-12,14-15H,13,16-17H2,1H3,(H,25,29)(H,27,28)/b8-5+. The maximum Gasteiger partial charge on any atom is 0.341 e. The fourth-order valence-electron chi connectivity index (χ4n) is 3.05. The van der Waals surface area contributed by atoms with Gasteiger partial charge in [0.05, 0.1) is 7.11 Å². The molecule has 0 aliphatic carbocycles. The first-order valence-electron chi connectivity index (χ1n) is 9.73. The Bertz CT molecular complexity index is 1070. The fourth-order valence-corrected chi connectivity index (χ4v) is 3.05. The highest BCUT2D eigenvalue weighted by atomic mass is 16.5. The number of carbonyl (C=O) groups is 2. The zero-order valence-electron chi connectivity index (χ0n) is 17.2. The molecule has 2 N–H and O–H groups in total. The van der Waals surface area contributed by atoms with E-state index in [0.717, 1.165) is 16.9 Å². The van der Waals surface area contributed by atoms with Gasteiger partial charge in [-0.25, -0.2) is 4.79 Å². The number of benzene rings is 2. The molecule has 160 valence electrons. The number of ether oxygens (including phenoxy) is 2. The van der Waals surface area contributed by atoms with Gasteiger partial charge < -0.3 is 24.5 Å². The van der Waals surface area contributed by atoms with E-state index in [9.17, 15) is 9.59 Å². The number of aliphatic carboxylic acids is 1. The molecule has 0 radical (unpaired) electrons. The lowest BCUT2D eigenvalue weighted by atomic mass is 10.2. The summed E-state index contributed by atoms with van der Waals surface area (Å²) in [7, 11) is 1.60. The summed E-state index contributed by atoms with van der Waals surface area (Å²) in [5.41, 5.74) is 2.33. The molecule has 0 unspecified atom stereocenters. The lowest BCUT2D eigenvalue weighted by Crippen LogP contribution is -2.25. The molecule has 0 aliphatic rings. The van der Waals surface area contributed by atoms with Crippen LogP contribution in [-0.4, -0.2) is 35.3 Å². The normalized spacial score (nSPS) is 10.7. The van der Waals surface area contributed by atoms with Crippen molar-refractivity contribution in [3.8, 4) is 11.5 Å². The molecular weight excluding hydrogens is 396 g/mol. The predicted octanol–water partition coefficient (Wildman–Crippen LogP) is 3.60. The third-order valence-electron chi connectivity index (χ3n) is 4.53. The number of carboxylic acids is 1. The average molecular weight is 420 g/mol. The molecule has 7 heteroatoms. The van der Waals surface area contributed by atoms with Crippen molar-refractivity contribution < 1.29 is 24.2 Å². The summed E-state index contributed by atoms with van der Waals surface area (Å²) in [5, 5.41) is 11.6. The van der Waals surface area contributed by atoms with Gasteiger partial charge in [0.2, 0.25) is 0 Å². The largest absolute Gasteiger partial charge is 0.496 e. The molecule has 0 saturated carbocycles. The van der Waals surface area contributed by atoms with E-state index >= 15 is 0 Å². The van der Waals surface area contributed by atoms with Crippen LogP contribution in [0.1, 0.15) is 21.6 Å². The molecule has 0 saturated heterocycles. The van der Waals surface area contributed by atoms with Gasteiger partial charge in [0, 0.05) is 24.8 Å². The van der Waals surface area contributed by atoms with Gasteiger partial charge in [0.15, 0.2) is 6.61 Å². The molecule has 3 aromatic rings. The minimum atomic E-state index is -1.02. The van der Waals surface area contributed by atoms with Gasteiger partial charge in [-0.05, 0) is 35.9 Å². The van der Waals surface area contributed by atoms with E-state index in [1.54, 1.807) is 31.4 Å². The minimum absolute atomic E-state index is 0.173. The first kappa shape index (κ1) is 21.7. The summed E-state index contributed by atoms with van der Waals surface area (Å²) >= 11 is 0. The molecule has 0 spiro atoms. The number of methoxy groups -OCH3 is 1. The highest BCUT2D eigenvalue weighted by Gasteiger charge is 2.11. The molecule has 0 aliphatic heterocycles. The van der Waals surface area contributed by atoms with Gasteiger partial charge in [-0.2, -0.15) is 0 Å². The van der Waals surface area contributed by atoms with Gasteiger partial charge in [0.25, 0.3) is 5.91 Å². The molecule has 1 heterocycles. The van der Waals surface area contributed by atoms with E-state index in [0.29, 0.717) is 24.5 Å². The van der Waals surface area contributed by atoms with E-state index in [4.69, 9.17) is 14.6 Å². The van der Waals surface area contributed by atoms with E-state index in [1.807, 2.05) is 59.3 Å². The lowest BCUT2D eigenvalue weighted by Gasteiger charge is -2.11. The third kappa shape index (κ3) is 6.24. The van der Waals surface area contributed by atoms with Crippen molar-refractivity contribution in [1.29, 1.82) is 0 Å². The Balaban J connectivity index is 1.59. The zero-order chi connectivity index (χ0) is 22.1. The Hall–Kier alpha value is -4.00. The Kier molecular flexibility index (Phi) is 7.48. The maximum absolute atomic E-state index is 12.6. The van der Waals surface area contributed by atoms with Crippen LogP contribution in [0.2, 0.25) is 0 Å². The summed E-state index contributed by atoms with van der Waals surface area (Å²) in [6.45, 7) is 0.488. The number of carbonyl (C=O) groups excluding carboxylic acids is 1. The summed E-state index contributed by atoms with van der Waals surface area (Å²) in [4.78, 5) is 23.3. The maximum atomic E-state index is 12.6. The fraction of sp³-hybridized carbons (Fsp3) is 0.167. The zero-order valence-corrected chi connectivity index (χ0v) is 17.2. The second kappa shape index (κ2) is 10.7. The Morgan fingerprint density at radius 2 is 1.94 bits per heavy atom. The second-order valence-corrected chi connectivity index (χ2v) is 6.70. The van der Waals surface area contributed by atoms with Crippen molar-refractivity contribution in [2.45, 2.75) is 13.1 Å². The number of para-hydroxylation sites is 1. The highest BCUT2D eigenvalue weighted by Crippen LogP contribution is 2.17. The van der Waals surface area contributed by atoms with Crippen LogP contribution < -0.4 is 14.8 Å². The van der Waals surface area contributed by atoms with Crippen LogP contribution in [0.3, 0.4) is 0 Å². The first-order valence-corrected chi connectivity index (χ1v) is 9.73. The number of hydrogen-bond acceptors (Lipinski definition) is 4. The Morgan fingerprint density at radius 3 is 2.74 bits per heavy atom. The minimum Gasteiger partial charge on any atom is -0.496 e. The van der Waals surface area contributed by atoms with Crippen molar-refractivity contribution in [3.05, 3.63) is 89.8 Å². The summed E-state index contributed by atoms with van der Waals surface area (Å²) < 4.78 is 12.4. The number of amides is 1. The third-order valence-corrected chi connectivity index (χ3v) is 4.53. The summed E-state index contributed by atoms with van der Waals surface area (Å²) in [6.07, 6.45) is 5.66. The Labute approximate surface area is 180 Å². The van der Waals surface area contributed by atoms with Crippen LogP contribution in [0.5, 0.6) is 11.5 Å². The average Bonchev–Trinajstić information content (AvgIpc) is 3.25. The molecule has 0 fully saturated rings. The number of nitrogens with zero attached hydrogens (tertiary/aromatic N) is 1. The summed E-state index contributed by atoms with van der Waals surface area (Å²) in [6, 6.07) is 18.3. The topological polar surface area (TPSA) is 89.8 Å². The van der Waals surface area contributed by atoms with Crippen LogP contribution in [0.25, 0.3) is 6.08 Å². The first-order chi connectivity index (χ1) is 15.1. The second-order valence-electron chi connectivity index (χ2n) is 6.70. The van der Waals surface area contributed by atoms with Gasteiger partial charge in [-0.1, -0.05) is 42.5 Å². The molecular formula is C24H24N2O5. The molecule has 0 atom stereocenters. The summed E-state index contributed by atoms with van der Waals surface area (Å²) in [5.74, 6) is 0.0241. The molecule has 1 aromatic heterocycles. The van der Waals surface area contributed by atoms with Crippen molar-refractivity contribution in [2.24, 2.45) is 0 Å². The molecule has 31 heavy (non-hydrogen) atoms. The molecule has 1 amide bonds. The monoisotopic (exact) mass is 420 g/mol. The SMILES string of the molecule is COc1ccccc1CNC(=O)c1cccn1C/C=C/c1cccc(OCC(=O)O)c1. The van der Waals surface area contributed by atoms with Crippen molar-refractivity contribution in [1.82, 2.24) is 9.88 Å². The van der Waals surface area contributed by atoms with E-state index < -0.39 is 5.97 Å². The van der Waals surface area contributed by atoms with E-state index in [-0.39, 0.29) is 12.5 Å². The van der Waals surface area contributed by atoms with Gasteiger partial charge in [0.1, 0.15) is 17.2 Å². The predicted molar refractivity (Wildman–Crippen MR) is 117 cm³/mol. The number of allylic oxidation sites excluding steroid dienone is 1. The van der Waals surface area contributed by atoms with Gasteiger partial charge in [-0.3, -0.25) is 4.79 Å². The number of rotatable bonds is 10. The number of nitrogens with one attached hydrogen (secondary N) is 1. The van der Waals surface area contributed by atoms with Crippen molar-refractivity contribution >= 4 is 18.0 Å².